The van der Waals surface area contributed by atoms with Crippen LogP contribution in [0.2, 0.25) is 0 Å². The van der Waals surface area contributed by atoms with Gasteiger partial charge in [0.15, 0.2) is 12.2 Å². The molecule has 0 spiro atoms. The molecule has 6 atom stereocenters. The second-order valence-corrected chi connectivity index (χ2v) is 29.5. The van der Waals surface area contributed by atoms with Crippen molar-refractivity contribution in [2.24, 2.45) is 5.92 Å². The van der Waals surface area contributed by atoms with Crippen molar-refractivity contribution in [2.75, 3.05) is 39.6 Å². The number of rotatable bonds is 73. The third-order valence-electron chi connectivity index (χ3n) is 17.3. The average Bonchev–Trinajstić information content (AvgIpc) is 3.77. The molecule has 0 rings (SSSR count). The van der Waals surface area contributed by atoms with Crippen LogP contribution in [0.25, 0.3) is 0 Å². The zero-order valence-corrected chi connectivity index (χ0v) is 62.4. The molecule has 94 heavy (non-hydrogen) atoms. The molecule has 19 heteroatoms. The summed E-state index contributed by atoms with van der Waals surface area (Å²) in [6.07, 6.45) is 59.1. The SMILES string of the molecule is CCCCCC/C=C\C=C/CCCCCCCC(=O)OC[C@H](COP(=O)(O)OC[C@@H](O)COP(=O)(O)OC[C@@H](COC(=O)CCCCCCCCC)OC(=O)CCCCCCCCCCCCCCCC)OC(=O)CCCCCCCCCCCCCCCCC(C)CC. The summed E-state index contributed by atoms with van der Waals surface area (Å²) < 4.78 is 68.3. The van der Waals surface area contributed by atoms with Crippen LogP contribution in [0.5, 0.6) is 0 Å². The fraction of sp³-hybridized carbons (Fsp3) is 0.893. The molecule has 0 fully saturated rings. The van der Waals surface area contributed by atoms with Gasteiger partial charge < -0.3 is 33.8 Å². The fourth-order valence-corrected chi connectivity index (χ4v) is 12.5. The first kappa shape index (κ1) is 91.5. The third-order valence-corrected chi connectivity index (χ3v) is 19.2. The van der Waals surface area contributed by atoms with Gasteiger partial charge in [-0.05, 0) is 57.3 Å². The molecule has 3 unspecified atom stereocenters. The highest BCUT2D eigenvalue weighted by molar-refractivity contribution is 7.47. The Morgan fingerprint density at radius 3 is 0.904 bits per heavy atom. The van der Waals surface area contributed by atoms with E-state index in [2.05, 4.69) is 58.9 Å². The van der Waals surface area contributed by atoms with Gasteiger partial charge in [-0.2, -0.15) is 0 Å². The Kier molecular flexibility index (Phi) is 65.9. The molecule has 0 saturated carbocycles. The first-order valence-electron chi connectivity index (χ1n) is 38.5. The number of ether oxygens (including phenoxy) is 4. The van der Waals surface area contributed by atoms with Gasteiger partial charge in [0, 0.05) is 25.7 Å². The van der Waals surface area contributed by atoms with Crippen LogP contribution in [0.15, 0.2) is 24.3 Å². The van der Waals surface area contributed by atoms with Crippen molar-refractivity contribution in [3.8, 4) is 0 Å². The van der Waals surface area contributed by atoms with E-state index in [1.165, 1.54) is 161 Å². The molecule has 0 aliphatic carbocycles. The van der Waals surface area contributed by atoms with Gasteiger partial charge in [-0.25, -0.2) is 9.13 Å². The summed E-state index contributed by atoms with van der Waals surface area (Å²) >= 11 is 0. The minimum Gasteiger partial charge on any atom is -0.462 e. The molecule has 0 amide bonds. The van der Waals surface area contributed by atoms with Gasteiger partial charge in [0.2, 0.25) is 0 Å². The molecule has 0 radical (unpaired) electrons. The summed E-state index contributed by atoms with van der Waals surface area (Å²) in [5.41, 5.74) is 0. The number of esters is 4. The van der Waals surface area contributed by atoms with Crippen LogP contribution in [0.1, 0.15) is 369 Å². The van der Waals surface area contributed by atoms with Crippen molar-refractivity contribution < 1.29 is 80.2 Å². The first-order chi connectivity index (χ1) is 45.6. The van der Waals surface area contributed by atoms with Gasteiger partial charge in [-0.3, -0.25) is 37.3 Å². The maximum absolute atomic E-state index is 13.1. The van der Waals surface area contributed by atoms with E-state index in [9.17, 15) is 43.2 Å². The lowest BCUT2D eigenvalue weighted by Gasteiger charge is -2.21. The zero-order chi connectivity index (χ0) is 69.1. The van der Waals surface area contributed by atoms with Gasteiger partial charge >= 0.3 is 39.5 Å². The van der Waals surface area contributed by atoms with E-state index in [4.69, 9.17) is 37.0 Å². The Hall–Kier alpha value is -2.46. The topological polar surface area (TPSA) is 237 Å². The van der Waals surface area contributed by atoms with Crippen molar-refractivity contribution in [3.05, 3.63) is 24.3 Å². The Labute approximate surface area is 573 Å². The monoisotopic (exact) mass is 1380 g/mol. The molecule has 0 heterocycles. The Morgan fingerprint density at radius 2 is 0.596 bits per heavy atom. The molecule has 0 aromatic carbocycles. The summed E-state index contributed by atoms with van der Waals surface area (Å²) in [4.78, 5) is 72.6. The van der Waals surface area contributed by atoms with E-state index in [0.717, 1.165) is 128 Å². The van der Waals surface area contributed by atoms with Crippen LogP contribution in [0.4, 0.5) is 0 Å². The molecule has 554 valence electrons. The van der Waals surface area contributed by atoms with Crippen molar-refractivity contribution in [1.29, 1.82) is 0 Å². The highest BCUT2D eigenvalue weighted by Gasteiger charge is 2.30. The Bertz CT molecular complexity index is 1900. The second kappa shape index (κ2) is 67.7. The summed E-state index contributed by atoms with van der Waals surface area (Å²) in [7, 11) is -9.91. The fourth-order valence-electron chi connectivity index (χ4n) is 11.0. The van der Waals surface area contributed by atoms with Gasteiger partial charge in [0.25, 0.3) is 0 Å². The van der Waals surface area contributed by atoms with E-state index in [0.29, 0.717) is 25.7 Å². The number of phosphoric acid groups is 2. The number of carbonyl (C=O) groups is 4. The van der Waals surface area contributed by atoms with Gasteiger partial charge in [0.1, 0.15) is 19.3 Å². The van der Waals surface area contributed by atoms with Crippen LogP contribution in [-0.4, -0.2) is 96.7 Å². The van der Waals surface area contributed by atoms with Crippen molar-refractivity contribution >= 4 is 39.5 Å². The van der Waals surface area contributed by atoms with E-state index in [-0.39, 0.29) is 25.7 Å². The highest BCUT2D eigenvalue weighted by Crippen LogP contribution is 2.45. The van der Waals surface area contributed by atoms with Crippen molar-refractivity contribution in [1.82, 2.24) is 0 Å². The molecule has 0 aliphatic heterocycles. The summed E-state index contributed by atoms with van der Waals surface area (Å²) in [6, 6.07) is 0. The van der Waals surface area contributed by atoms with Crippen LogP contribution in [-0.2, 0) is 65.4 Å². The number of allylic oxidation sites excluding steroid dienone is 4. The smallest absolute Gasteiger partial charge is 0.462 e. The molecular weight excluding hydrogens is 1230 g/mol. The quantitative estimate of drug-likeness (QED) is 0.0169. The minimum atomic E-state index is -4.96. The van der Waals surface area contributed by atoms with Crippen molar-refractivity contribution in [3.63, 3.8) is 0 Å². The number of carbonyl (C=O) groups excluding carboxylic acids is 4. The number of unbranched alkanes of at least 4 members (excludes halogenated alkanes) is 41. The van der Waals surface area contributed by atoms with Crippen LogP contribution < -0.4 is 0 Å². The van der Waals surface area contributed by atoms with E-state index in [1.54, 1.807) is 0 Å². The molecule has 0 aliphatic rings. The Balaban J connectivity index is 5.23. The zero-order valence-electron chi connectivity index (χ0n) is 60.6. The van der Waals surface area contributed by atoms with Crippen molar-refractivity contribution in [2.45, 2.75) is 387 Å². The van der Waals surface area contributed by atoms with E-state index in [1.807, 2.05) is 0 Å². The lowest BCUT2D eigenvalue weighted by atomic mass is 9.99. The van der Waals surface area contributed by atoms with E-state index >= 15 is 0 Å². The predicted octanol–water partition coefficient (Wildman–Crippen LogP) is 21.6. The predicted molar refractivity (Wildman–Crippen MR) is 381 cm³/mol. The van der Waals surface area contributed by atoms with Crippen LogP contribution in [0.3, 0.4) is 0 Å². The molecule has 0 saturated heterocycles. The minimum absolute atomic E-state index is 0.101. The summed E-state index contributed by atoms with van der Waals surface area (Å²) in [6.45, 7) is 7.23. The summed E-state index contributed by atoms with van der Waals surface area (Å²) in [5.74, 6) is -1.31. The standard InChI is InChI=1S/C75H142O17P2/c1-6-10-13-16-19-21-23-25-27-32-35-39-44-49-54-59-73(78)86-65-71(92-75(80)61-56-51-46-41-37-33-29-28-30-34-38-43-47-52-57-68(5)9-4)67-90-94(83,84)88-63-69(76)62-87-93(81,82)89-66-70(64-85-72(77)58-53-48-42-18-15-12-8-3)91-74(79)60-55-50-45-40-36-31-26-24-22-20-17-14-11-7-2/h21,23,25,27,68-71,76H,6-20,22,24,26,28-67H2,1-5H3,(H,81,82)(H,83,84)/b23-21-,27-25-/t68?,69-,70+,71+/m0/s1. The van der Waals surface area contributed by atoms with Crippen LogP contribution >= 0.6 is 15.6 Å². The lowest BCUT2D eigenvalue weighted by molar-refractivity contribution is -0.161. The van der Waals surface area contributed by atoms with Gasteiger partial charge in [-0.1, -0.05) is 316 Å². The Morgan fingerprint density at radius 1 is 0.340 bits per heavy atom. The largest absolute Gasteiger partial charge is 0.472 e. The molecule has 0 aromatic heterocycles. The number of hydrogen-bond donors (Lipinski definition) is 3. The van der Waals surface area contributed by atoms with E-state index < -0.39 is 97.5 Å². The number of hydrogen-bond acceptors (Lipinski definition) is 15. The number of aliphatic hydroxyl groups excluding tert-OH is 1. The average molecular weight is 1380 g/mol. The molecule has 0 aromatic rings. The van der Waals surface area contributed by atoms with Gasteiger partial charge in [-0.15, -0.1) is 0 Å². The van der Waals surface area contributed by atoms with Gasteiger partial charge in [0.05, 0.1) is 26.4 Å². The molecule has 0 bridgehead atoms. The second-order valence-electron chi connectivity index (χ2n) is 26.6. The third kappa shape index (κ3) is 66.8. The maximum atomic E-state index is 13.1. The maximum Gasteiger partial charge on any atom is 0.472 e. The number of aliphatic hydroxyl groups is 1. The lowest BCUT2D eigenvalue weighted by Crippen LogP contribution is -2.30. The first-order valence-corrected chi connectivity index (χ1v) is 41.5. The highest BCUT2D eigenvalue weighted by atomic mass is 31.2. The molecule has 17 nitrogen and oxygen atoms in total. The number of phosphoric ester groups is 2. The molecule has 3 N–H and O–H groups in total. The normalized spacial score (nSPS) is 14.4. The summed E-state index contributed by atoms with van der Waals surface area (Å²) in [5, 5.41) is 10.6. The van der Waals surface area contributed by atoms with Crippen LogP contribution in [0, 0.1) is 5.92 Å². The molecular formula is C75H142O17P2.